The molecule has 3 heterocycles. The van der Waals surface area contributed by atoms with Gasteiger partial charge in [-0.05, 0) is 62.6 Å². The second kappa shape index (κ2) is 10.2. The van der Waals surface area contributed by atoms with Gasteiger partial charge < -0.3 is 20.7 Å². The Bertz CT molecular complexity index is 1120. The van der Waals surface area contributed by atoms with Crippen molar-refractivity contribution in [2.45, 2.75) is 70.4 Å². The summed E-state index contributed by atoms with van der Waals surface area (Å²) in [6, 6.07) is 4.17. The van der Waals surface area contributed by atoms with E-state index in [9.17, 15) is 9.59 Å². The van der Waals surface area contributed by atoms with E-state index < -0.39 is 6.04 Å². The predicted molar refractivity (Wildman–Crippen MR) is 136 cm³/mol. The van der Waals surface area contributed by atoms with Crippen LogP contribution in [0.15, 0.2) is 24.4 Å². The SMILES string of the molecule is CCn1nccc1C(=O)NC(C(=O)Nc1cc(F)c2c(c1)NCC21CCOCC1)[C@H]1CC[C@H](C)CC1. The zero-order valence-corrected chi connectivity index (χ0v) is 21.1. The number of amides is 2. The number of halogens is 1. The van der Waals surface area contributed by atoms with E-state index in [-0.39, 0.29) is 29.0 Å². The summed E-state index contributed by atoms with van der Waals surface area (Å²) in [4.78, 5) is 26.7. The van der Waals surface area contributed by atoms with Gasteiger partial charge in [0.05, 0.1) is 0 Å². The molecule has 1 saturated carbocycles. The highest BCUT2D eigenvalue weighted by molar-refractivity contribution is 6.01. The molecule has 2 aliphatic heterocycles. The Morgan fingerprint density at radius 1 is 1.25 bits per heavy atom. The Morgan fingerprint density at radius 3 is 2.72 bits per heavy atom. The van der Waals surface area contributed by atoms with Gasteiger partial charge in [0, 0.05) is 54.9 Å². The molecule has 1 aliphatic carbocycles. The molecule has 1 aromatic heterocycles. The number of aromatic nitrogens is 2. The van der Waals surface area contributed by atoms with Crippen molar-refractivity contribution in [2.75, 3.05) is 30.4 Å². The molecule has 2 fully saturated rings. The fourth-order valence-electron chi connectivity index (χ4n) is 6.13. The zero-order valence-electron chi connectivity index (χ0n) is 21.1. The average Bonchev–Trinajstić information content (AvgIpc) is 3.49. The number of carbonyl (C=O) groups is 2. The van der Waals surface area contributed by atoms with Crippen molar-refractivity contribution in [3.8, 4) is 0 Å². The Kier molecular flexibility index (Phi) is 7.01. The molecule has 2 aromatic rings. The Morgan fingerprint density at radius 2 is 2.00 bits per heavy atom. The van der Waals surface area contributed by atoms with Gasteiger partial charge in [0.1, 0.15) is 17.6 Å². The molecule has 9 heteroatoms. The molecule has 8 nitrogen and oxygen atoms in total. The van der Waals surface area contributed by atoms with E-state index >= 15 is 4.39 Å². The summed E-state index contributed by atoms with van der Waals surface area (Å²) in [5.74, 6) is -0.323. The van der Waals surface area contributed by atoms with Crippen LogP contribution in [0.5, 0.6) is 0 Å². The summed E-state index contributed by atoms with van der Waals surface area (Å²) in [5.41, 5.74) is 2.00. The van der Waals surface area contributed by atoms with E-state index in [2.05, 4.69) is 28.0 Å². The minimum Gasteiger partial charge on any atom is -0.384 e. The molecule has 1 atom stereocenters. The molecule has 5 rings (SSSR count). The zero-order chi connectivity index (χ0) is 25.3. The molecule has 0 bridgehead atoms. The lowest BCUT2D eigenvalue weighted by molar-refractivity contribution is -0.119. The first-order valence-electron chi connectivity index (χ1n) is 13.2. The van der Waals surface area contributed by atoms with Crippen LogP contribution in [-0.4, -0.2) is 47.4 Å². The predicted octanol–water partition coefficient (Wildman–Crippen LogP) is 4.08. The van der Waals surface area contributed by atoms with Crippen molar-refractivity contribution in [2.24, 2.45) is 11.8 Å². The van der Waals surface area contributed by atoms with Crippen molar-refractivity contribution in [1.82, 2.24) is 15.1 Å². The first kappa shape index (κ1) is 24.7. The van der Waals surface area contributed by atoms with E-state index in [1.54, 1.807) is 16.9 Å². The molecule has 1 aromatic carbocycles. The lowest BCUT2D eigenvalue weighted by Crippen LogP contribution is -2.49. The molecule has 3 aliphatic rings. The minimum atomic E-state index is -0.712. The van der Waals surface area contributed by atoms with E-state index in [1.807, 2.05) is 13.0 Å². The Hall–Kier alpha value is -2.94. The molecule has 1 spiro atoms. The smallest absolute Gasteiger partial charge is 0.270 e. The lowest BCUT2D eigenvalue weighted by Gasteiger charge is -2.33. The fourth-order valence-corrected chi connectivity index (χ4v) is 6.13. The highest BCUT2D eigenvalue weighted by Crippen LogP contribution is 2.46. The number of hydrogen-bond donors (Lipinski definition) is 3. The monoisotopic (exact) mass is 497 g/mol. The van der Waals surface area contributed by atoms with Crippen LogP contribution >= 0.6 is 0 Å². The van der Waals surface area contributed by atoms with Crippen LogP contribution in [0.2, 0.25) is 0 Å². The van der Waals surface area contributed by atoms with Crippen LogP contribution in [0.25, 0.3) is 0 Å². The summed E-state index contributed by atoms with van der Waals surface area (Å²) < 4.78 is 22.5. The number of nitrogens with one attached hydrogen (secondary N) is 3. The molecule has 1 unspecified atom stereocenters. The van der Waals surface area contributed by atoms with Gasteiger partial charge in [0.2, 0.25) is 5.91 Å². The number of carbonyl (C=O) groups excluding carboxylic acids is 2. The fraction of sp³-hybridized carbons (Fsp3) is 0.593. The van der Waals surface area contributed by atoms with Crippen LogP contribution in [0.4, 0.5) is 15.8 Å². The highest BCUT2D eigenvalue weighted by Gasteiger charge is 2.43. The van der Waals surface area contributed by atoms with Crippen LogP contribution in [0, 0.1) is 17.7 Å². The number of aryl methyl sites for hydroxylation is 1. The van der Waals surface area contributed by atoms with E-state index in [1.165, 1.54) is 6.07 Å². The topological polar surface area (TPSA) is 97.3 Å². The number of hydrogen-bond acceptors (Lipinski definition) is 5. The standard InChI is InChI=1S/C27H36FN5O3/c1-3-33-22(8-11-30-33)25(34)32-24(18-6-4-17(2)5-7-18)26(35)31-19-14-20(28)23-21(15-19)29-16-27(23)9-12-36-13-10-27/h8,11,14-15,17-18,24,29H,3-7,9-10,12-13,16H2,1-2H3,(H,31,35)(H,32,34)/t17-,18-,24?. The average molecular weight is 498 g/mol. The number of benzene rings is 1. The normalized spacial score (nSPS) is 23.5. The van der Waals surface area contributed by atoms with Gasteiger partial charge in [-0.1, -0.05) is 19.8 Å². The first-order chi connectivity index (χ1) is 17.4. The summed E-state index contributed by atoms with van der Waals surface area (Å²) in [5, 5.41) is 13.4. The van der Waals surface area contributed by atoms with Gasteiger partial charge >= 0.3 is 0 Å². The summed E-state index contributed by atoms with van der Waals surface area (Å²) in [7, 11) is 0. The molecular weight excluding hydrogens is 461 g/mol. The summed E-state index contributed by atoms with van der Waals surface area (Å²) in [6.45, 7) is 6.61. The first-order valence-corrected chi connectivity index (χ1v) is 13.2. The van der Waals surface area contributed by atoms with Crippen LogP contribution in [0.1, 0.15) is 68.4 Å². The minimum absolute atomic E-state index is 0.0195. The third-order valence-corrected chi connectivity index (χ3v) is 8.30. The van der Waals surface area contributed by atoms with E-state index in [4.69, 9.17) is 4.74 Å². The molecule has 0 radical (unpaired) electrons. The van der Waals surface area contributed by atoms with Crippen molar-refractivity contribution in [3.05, 3.63) is 41.5 Å². The van der Waals surface area contributed by atoms with Crippen molar-refractivity contribution in [3.63, 3.8) is 0 Å². The summed E-state index contributed by atoms with van der Waals surface area (Å²) >= 11 is 0. The third kappa shape index (κ3) is 4.73. The third-order valence-electron chi connectivity index (χ3n) is 8.30. The summed E-state index contributed by atoms with van der Waals surface area (Å²) in [6.07, 6.45) is 6.88. The molecular formula is C27H36FN5O3. The van der Waals surface area contributed by atoms with Crippen molar-refractivity contribution >= 4 is 23.2 Å². The maximum absolute atomic E-state index is 15.4. The lowest BCUT2D eigenvalue weighted by atomic mass is 9.75. The Labute approximate surface area is 211 Å². The van der Waals surface area contributed by atoms with Gasteiger partial charge in [-0.15, -0.1) is 0 Å². The van der Waals surface area contributed by atoms with Crippen LogP contribution < -0.4 is 16.0 Å². The second-order valence-electron chi connectivity index (χ2n) is 10.6. The van der Waals surface area contributed by atoms with E-state index in [0.29, 0.717) is 49.2 Å². The van der Waals surface area contributed by atoms with Gasteiger partial charge in [0.15, 0.2) is 0 Å². The van der Waals surface area contributed by atoms with Gasteiger partial charge in [-0.3, -0.25) is 14.3 Å². The van der Waals surface area contributed by atoms with Crippen LogP contribution in [0.3, 0.4) is 0 Å². The molecule has 1 saturated heterocycles. The number of ether oxygens (including phenoxy) is 1. The van der Waals surface area contributed by atoms with Gasteiger partial charge in [-0.25, -0.2) is 4.39 Å². The van der Waals surface area contributed by atoms with Gasteiger partial charge in [0.25, 0.3) is 5.91 Å². The molecule has 2 amide bonds. The largest absolute Gasteiger partial charge is 0.384 e. The number of nitrogens with zero attached hydrogens (tertiary/aromatic N) is 2. The van der Waals surface area contributed by atoms with Gasteiger partial charge in [-0.2, -0.15) is 5.10 Å². The Balaban J connectivity index is 1.36. The second-order valence-corrected chi connectivity index (χ2v) is 10.6. The van der Waals surface area contributed by atoms with E-state index in [0.717, 1.165) is 44.2 Å². The maximum atomic E-state index is 15.4. The number of fused-ring (bicyclic) bond motifs is 2. The highest BCUT2D eigenvalue weighted by atomic mass is 19.1. The van der Waals surface area contributed by atoms with Crippen molar-refractivity contribution < 1.29 is 18.7 Å². The van der Waals surface area contributed by atoms with Crippen molar-refractivity contribution in [1.29, 1.82) is 0 Å². The number of rotatable bonds is 6. The maximum Gasteiger partial charge on any atom is 0.270 e. The molecule has 3 N–H and O–H groups in total. The van der Waals surface area contributed by atoms with Crippen LogP contribution in [-0.2, 0) is 21.5 Å². The number of anilines is 2. The molecule has 36 heavy (non-hydrogen) atoms. The quantitative estimate of drug-likeness (QED) is 0.559. The molecule has 194 valence electrons.